The summed E-state index contributed by atoms with van der Waals surface area (Å²) in [6, 6.07) is 0.212. The zero-order valence-corrected chi connectivity index (χ0v) is 18.4. The van der Waals surface area contributed by atoms with Gasteiger partial charge in [-0.3, -0.25) is 9.59 Å². The summed E-state index contributed by atoms with van der Waals surface area (Å²) in [6.45, 7) is 9.87. The third-order valence-electron chi connectivity index (χ3n) is 4.73. The number of carbonyl (C=O) groups is 2. The van der Waals surface area contributed by atoms with Crippen LogP contribution in [0.25, 0.3) is 0 Å². The van der Waals surface area contributed by atoms with E-state index >= 15 is 0 Å². The Hall–Kier alpha value is -1.10. The topological polar surface area (TPSA) is 70.2 Å². The molecule has 0 spiro atoms. The van der Waals surface area contributed by atoms with Gasteiger partial charge in [-0.25, -0.2) is 0 Å². The van der Waals surface area contributed by atoms with Gasteiger partial charge in [0.25, 0.3) is 0 Å². The maximum absolute atomic E-state index is 11.9. The number of unbranched alkanes of at least 4 members (excludes halogenated alkanes) is 8. The molecule has 0 aliphatic rings. The van der Waals surface area contributed by atoms with E-state index in [9.17, 15) is 9.59 Å². The molecule has 160 valence electrons. The summed E-state index contributed by atoms with van der Waals surface area (Å²) in [5.41, 5.74) is 0. The molecule has 0 radical (unpaired) electrons. The minimum absolute atomic E-state index is 0.106. The highest BCUT2D eigenvalue weighted by molar-refractivity contribution is 5.76. The van der Waals surface area contributed by atoms with Crippen LogP contribution in [0.1, 0.15) is 105 Å². The third kappa shape index (κ3) is 18.0. The van der Waals surface area contributed by atoms with Gasteiger partial charge >= 0.3 is 0 Å². The molecule has 0 heterocycles. The van der Waals surface area contributed by atoms with E-state index in [1.165, 1.54) is 38.5 Å². The van der Waals surface area contributed by atoms with Gasteiger partial charge in [-0.1, -0.05) is 65.2 Å². The van der Waals surface area contributed by atoms with Crippen LogP contribution >= 0.6 is 0 Å². The largest absolute Gasteiger partial charge is 0.352 e. The number of rotatable bonds is 18. The van der Waals surface area contributed by atoms with E-state index in [1.807, 2.05) is 13.8 Å². The Bertz CT molecular complexity index is 341. The molecule has 0 saturated carbocycles. The van der Waals surface area contributed by atoms with Crippen molar-refractivity contribution in [2.45, 2.75) is 117 Å². The van der Waals surface area contributed by atoms with Gasteiger partial charge in [0.15, 0.2) is 0 Å². The summed E-state index contributed by atoms with van der Waals surface area (Å²) >= 11 is 0. The molecule has 0 aromatic rings. The van der Waals surface area contributed by atoms with Crippen LogP contribution in [0.2, 0.25) is 0 Å². The summed E-state index contributed by atoms with van der Waals surface area (Å²) in [7, 11) is 0. The van der Waals surface area contributed by atoms with Gasteiger partial charge in [-0.2, -0.15) is 0 Å². The Kier molecular flexibility index (Phi) is 17.5. The second-order valence-corrected chi connectivity index (χ2v) is 7.92. The second-order valence-electron chi connectivity index (χ2n) is 7.92. The van der Waals surface area contributed by atoms with E-state index in [2.05, 4.69) is 29.8 Å². The first-order valence-corrected chi connectivity index (χ1v) is 11.3. The van der Waals surface area contributed by atoms with Crippen molar-refractivity contribution in [2.75, 3.05) is 13.1 Å². The normalized spacial score (nSPS) is 13.2. The van der Waals surface area contributed by atoms with E-state index in [4.69, 9.17) is 0 Å². The van der Waals surface area contributed by atoms with Crippen LogP contribution < -0.4 is 16.0 Å². The molecular weight excluding hydrogens is 338 g/mol. The van der Waals surface area contributed by atoms with Crippen LogP contribution in [0.4, 0.5) is 0 Å². The van der Waals surface area contributed by atoms with Crippen molar-refractivity contribution < 1.29 is 9.59 Å². The maximum Gasteiger partial charge on any atom is 0.220 e. The van der Waals surface area contributed by atoms with Crippen molar-refractivity contribution >= 4 is 11.8 Å². The average molecular weight is 384 g/mol. The molecule has 0 aromatic carbocycles. The third-order valence-corrected chi connectivity index (χ3v) is 4.73. The Balaban J connectivity index is 3.64. The minimum atomic E-state index is 0.106. The fourth-order valence-corrected chi connectivity index (χ4v) is 3.09. The lowest BCUT2D eigenvalue weighted by molar-refractivity contribution is -0.122. The van der Waals surface area contributed by atoms with Crippen LogP contribution in [0.3, 0.4) is 0 Å². The quantitative estimate of drug-likeness (QED) is 0.309. The molecule has 2 amide bonds. The molecule has 0 bridgehead atoms. The van der Waals surface area contributed by atoms with Crippen molar-refractivity contribution in [2.24, 2.45) is 0 Å². The van der Waals surface area contributed by atoms with Crippen LogP contribution in [0.5, 0.6) is 0 Å². The summed E-state index contributed by atoms with van der Waals surface area (Å²) in [5.74, 6) is 0.287. The Labute approximate surface area is 167 Å². The fraction of sp³-hybridized carbons (Fsp3) is 0.909. The first kappa shape index (κ1) is 25.9. The zero-order valence-electron chi connectivity index (χ0n) is 18.4. The monoisotopic (exact) mass is 383 g/mol. The van der Waals surface area contributed by atoms with Crippen molar-refractivity contribution in [3.8, 4) is 0 Å². The van der Waals surface area contributed by atoms with Crippen LogP contribution in [0, 0.1) is 0 Å². The van der Waals surface area contributed by atoms with E-state index < -0.39 is 0 Å². The molecule has 0 aliphatic heterocycles. The van der Waals surface area contributed by atoms with Gasteiger partial charge < -0.3 is 16.0 Å². The van der Waals surface area contributed by atoms with E-state index in [1.54, 1.807) is 0 Å². The maximum atomic E-state index is 11.9. The number of hydrogen-bond donors (Lipinski definition) is 3. The first-order chi connectivity index (χ1) is 13.0. The highest BCUT2D eigenvalue weighted by atomic mass is 16.2. The van der Waals surface area contributed by atoms with E-state index in [0.717, 1.165) is 38.8 Å². The lowest BCUT2D eigenvalue weighted by Gasteiger charge is -2.18. The van der Waals surface area contributed by atoms with Gasteiger partial charge in [0, 0.05) is 38.0 Å². The van der Waals surface area contributed by atoms with E-state index in [-0.39, 0.29) is 23.9 Å². The van der Waals surface area contributed by atoms with Gasteiger partial charge in [0.1, 0.15) is 0 Å². The molecule has 3 N–H and O–H groups in total. The molecule has 0 rings (SSSR count). The molecule has 0 saturated heterocycles. The van der Waals surface area contributed by atoms with Gasteiger partial charge in [0.05, 0.1) is 0 Å². The standard InChI is InChI=1S/C22H45N3O2/c1-5-7-9-11-13-15-21(26)24-19(3)17-23-18-20(4)25-22(27)16-14-12-10-8-6-2/h19-20,23H,5-18H2,1-4H3,(H,24,26)(H,25,27). The number of amides is 2. The van der Waals surface area contributed by atoms with Gasteiger partial charge in [0.2, 0.25) is 11.8 Å². The van der Waals surface area contributed by atoms with Gasteiger partial charge in [-0.05, 0) is 26.7 Å². The molecule has 0 fully saturated rings. The molecular formula is C22H45N3O2. The first-order valence-electron chi connectivity index (χ1n) is 11.3. The number of carbonyl (C=O) groups excluding carboxylic acids is 2. The van der Waals surface area contributed by atoms with Crippen LogP contribution in [0.15, 0.2) is 0 Å². The Morgan fingerprint density at radius 2 is 1.00 bits per heavy atom. The lowest BCUT2D eigenvalue weighted by atomic mass is 10.1. The zero-order chi connectivity index (χ0) is 20.3. The minimum Gasteiger partial charge on any atom is -0.352 e. The van der Waals surface area contributed by atoms with Gasteiger partial charge in [-0.15, -0.1) is 0 Å². The number of hydrogen-bond acceptors (Lipinski definition) is 3. The molecule has 2 unspecified atom stereocenters. The van der Waals surface area contributed by atoms with Crippen LogP contribution in [-0.4, -0.2) is 37.0 Å². The lowest BCUT2D eigenvalue weighted by Crippen LogP contribution is -2.45. The molecule has 2 atom stereocenters. The molecule has 27 heavy (non-hydrogen) atoms. The fourth-order valence-electron chi connectivity index (χ4n) is 3.09. The predicted octanol–water partition coefficient (Wildman–Crippen LogP) is 4.31. The van der Waals surface area contributed by atoms with Crippen molar-refractivity contribution in [3.05, 3.63) is 0 Å². The average Bonchev–Trinajstić information content (AvgIpc) is 2.61. The van der Waals surface area contributed by atoms with Crippen LogP contribution in [-0.2, 0) is 9.59 Å². The molecule has 0 aromatic heterocycles. The summed E-state index contributed by atoms with van der Waals surface area (Å²) in [5, 5.41) is 9.42. The summed E-state index contributed by atoms with van der Waals surface area (Å²) < 4.78 is 0. The predicted molar refractivity (Wildman–Crippen MR) is 115 cm³/mol. The Morgan fingerprint density at radius 3 is 1.37 bits per heavy atom. The molecule has 5 nitrogen and oxygen atoms in total. The smallest absolute Gasteiger partial charge is 0.220 e. The molecule has 0 aliphatic carbocycles. The van der Waals surface area contributed by atoms with Crippen molar-refractivity contribution in [3.63, 3.8) is 0 Å². The van der Waals surface area contributed by atoms with Crippen molar-refractivity contribution in [1.82, 2.24) is 16.0 Å². The molecule has 5 heteroatoms. The van der Waals surface area contributed by atoms with E-state index in [0.29, 0.717) is 12.8 Å². The summed E-state index contributed by atoms with van der Waals surface area (Å²) in [6.07, 6.45) is 12.9. The number of nitrogens with one attached hydrogen (secondary N) is 3. The Morgan fingerprint density at radius 1 is 0.630 bits per heavy atom. The highest BCUT2D eigenvalue weighted by Gasteiger charge is 2.09. The summed E-state index contributed by atoms with van der Waals surface area (Å²) in [4.78, 5) is 23.8. The second kappa shape index (κ2) is 18.3. The SMILES string of the molecule is CCCCCCCC(=O)NC(C)CNCC(C)NC(=O)CCCCCCC. The highest BCUT2D eigenvalue weighted by Crippen LogP contribution is 2.05. The van der Waals surface area contributed by atoms with Crippen molar-refractivity contribution in [1.29, 1.82) is 0 Å².